The highest BCUT2D eigenvalue weighted by Crippen LogP contribution is 2.20. The third kappa shape index (κ3) is 1.16. The highest BCUT2D eigenvalue weighted by Gasteiger charge is 2.05. The van der Waals surface area contributed by atoms with Crippen LogP contribution in [0.25, 0.3) is 21.7 Å². The zero-order valence-electron chi connectivity index (χ0n) is 8.40. The van der Waals surface area contributed by atoms with Crippen LogP contribution in [0.15, 0.2) is 41.3 Å². The maximum atomic E-state index is 11.8. The minimum Gasteiger partial charge on any atom is -0.385 e. The second-order valence-corrected chi connectivity index (χ2v) is 3.66. The van der Waals surface area contributed by atoms with E-state index in [9.17, 15) is 4.79 Å². The number of nitrogen functional groups attached to an aromatic ring is 1. The third-order valence-corrected chi connectivity index (χ3v) is 2.61. The van der Waals surface area contributed by atoms with Crippen LogP contribution in [0.1, 0.15) is 0 Å². The van der Waals surface area contributed by atoms with Crippen molar-refractivity contribution >= 4 is 27.5 Å². The van der Waals surface area contributed by atoms with E-state index in [4.69, 9.17) is 5.73 Å². The predicted molar refractivity (Wildman–Crippen MR) is 64.3 cm³/mol. The minimum absolute atomic E-state index is 0.195. The molecule has 0 saturated heterocycles. The molecule has 16 heavy (non-hydrogen) atoms. The Labute approximate surface area is 90.7 Å². The van der Waals surface area contributed by atoms with Crippen molar-refractivity contribution in [1.29, 1.82) is 0 Å². The first-order valence-corrected chi connectivity index (χ1v) is 4.92. The Bertz CT molecular complexity index is 746. The first-order chi connectivity index (χ1) is 7.75. The van der Waals surface area contributed by atoms with E-state index < -0.39 is 0 Å². The van der Waals surface area contributed by atoms with Crippen molar-refractivity contribution in [2.45, 2.75) is 0 Å². The van der Waals surface area contributed by atoms with Gasteiger partial charge >= 0.3 is 0 Å². The van der Waals surface area contributed by atoms with E-state index in [1.807, 2.05) is 24.3 Å². The lowest BCUT2D eigenvalue weighted by Crippen LogP contribution is -2.09. The van der Waals surface area contributed by atoms with E-state index in [0.717, 1.165) is 10.8 Å². The Morgan fingerprint density at radius 3 is 2.94 bits per heavy atom. The van der Waals surface area contributed by atoms with Crippen LogP contribution in [0.5, 0.6) is 0 Å². The topological polar surface area (TPSA) is 71.8 Å². The summed E-state index contributed by atoms with van der Waals surface area (Å²) < 4.78 is 0. The summed E-state index contributed by atoms with van der Waals surface area (Å²) in [5.74, 6) is 0.334. The SMILES string of the molecule is Nc1cc2ncc3ccccc3c2c(=O)[nH]1. The molecular formula is C12H9N3O. The average Bonchev–Trinajstić information content (AvgIpc) is 2.28. The van der Waals surface area contributed by atoms with Gasteiger partial charge in [0, 0.05) is 17.6 Å². The number of anilines is 1. The highest BCUT2D eigenvalue weighted by molar-refractivity contribution is 6.05. The molecule has 4 nitrogen and oxygen atoms in total. The lowest BCUT2D eigenvalue weighted by molar-refractivity contribution is 1.27. The van der Waals surface area contributed by atoms with E-state index in [0.29, 0.717) is 16.7 Å². The molecule has 0 atom stereocenters. The summed E-state index contributed by atoms with van der Waals surface area (Å²) in [7, 11) is 0. The fourth-order valence-corrected chi connectivity index (χ4v) is 1.90. The fraction of sp³-hybridized carbons (Fsp3) is 0. The number of hydrogen-bond acceptors (Lipinski definition) is 3. The molecule has 2 heterocycles. The summed E-state index contributed by atoms with van der Waals surface area (Å²) in [4.78, 5) is 18.7. The molecule has 78 valence electrons. The molecular weight excluding hydrogens is 202 g/mol. The number of rotatable bonds is 0. The zero-order valence-corrected chi connectivity index (χ0v) is 8.40. The second kappa shape index (κ2) is 3.06. The van der Waals surface area contributed by atoms with Crippen LogP contribution in [0.3, 0.4) is 0 Å². The Kier molecular flexibility index (Phi) is 1.71. The number of benzene rings is 1. The number of nitrogens with one attached hydrogen (secondary N) is 1. The van der Waals surface area contributed by atoms with Gasteiger partial charge in [0.25, 0.3) is 5.56 Å². The van der Waals surface area contributed by atoms with Crippen molar-refractivity contribution < 1.29 is 0 Å². The van der Waals surface area contributed by atoms with Gasteiger partial charge in [0.15, 0.2) is 0 Å². The van der Waals surface area contributed by atoms with Crippen LogP contribution < -0.4 is 11.3 Å². The van der Waals surface area contributed by atoms with Crippen molar-refractivity contribution in [3.63, 3.8) is 0 Å². The molecule has 4 heteroatoms. The largest absolute Gasteiger partial charge is 0.385 e. The van der Waals surface area contributed by atoms with E-state index in [2.05, 4.69) is 9.97 Å². The quantitative estimate of drug-likeness (QED) is 0.555. The molecule has 0 aliphatic carbocycles. The van der Waals surface area contributed by atoms with Crippen molar-refractivity contribution in [2.75, 3.05) is 5.73 Å². The number of aromatic amines is 1. The molecule has 3 rings (SSSR count). The smallest absolute Gasteiger partial charge is 0.259 e. The summed E-state index contributed by atoms with van der Waals surface area (Å²) >= 11 is 0. The lowest BCUT2D eigenvalue weighted by Gasteiger charge is -2.02. The summed E-state index contributed by atoms with van der Waals surface area (Å²) in [6, 6.07) is 9.32. The third-order valence-electron chi connectivity index (χ3n) is 2.61. The van der Waals surface area contributed by atoms with Gasteiger partial charge in [-0.2, -0.15) is 0 Å². The van der Waals surface area contributed by atoms with Gasteiger partial charge in [-0.1, -0.05) is 24.3 Å². The van der Waals surface area contributed by atoms with Crippen molar-refractivity contribution in [3.8, 4) is 0 Å². The van der Waals surface area contributed by atoms with Gasteiger partial charge in [0.1, 0.15) is 5.82 Å². The molecule has 0 radical (unpaired) electrons. The van der Waals surface area contributed by atoms with Crippen LogP contribution in [0.2, 0.25) is 0 Å². The standard InChI is InChI=1S/C12H9N3O/c13-10-5-9-11(12(16)15-10)8-4-2-1-3-7(8)6-14-9/h1-6H,(H3,13,15,16). The first kappa shape index (κ1) is 8.91. The Balaban J connectivity index is 2.65. The molecule has 1 aromatic carbocycles. The first-order valence-electron chi connectivity index (χ1n) is 4.92. The fourth-order valence-electron chi connectivity index (χ4n) is 1.90. The highest BCUT2D eigenvalue weighted by atomic mass is 16.1. The summed E-state index contributed by atoms with van der Waals surface area (Å²) in [6.45, 7) is 0. The van der Waals surface area contributed by atoms with Gasteiger partial charge in [-0.25, -0.2) is 0 Å². The molecule has 0 spiro atoms. The molecule has 3 aromatic rings. The Morgan fingerprint density at radius 1 is 1.25 bits per heavy atom. The van der Waals surface area contributed by atoms with Crippen LogP contribution in [-0.2, 0) is 0 Å². The number of fused-ring (bicyclic) bond motifs is 3. The molecule has 0 bridgehead atoms. The number of aromatic nitrogens is 2. The number of hydrogen-bond donors (Lipinski definition) is 2. The summed E-state index contributed by atoms with van der Waals surface area (Å²) in [5, 5.41) is 2.44. The lowest BCUT2D eigenvalue weighted by atomic mass is 10.1. The molecule has 0 unspecified atom stereocenters. The van der Waals surface area contributed by atoms with Gasteiger partial charge in [0.05, 0.1) is 10.9 Å². The summed E-state index contributed by atoms with van der Waals surface area (Å²) in [6.07, 6.45) is 1.75. The van der Waals surface area contributed by atoms with Crippen LogP contribution in [0.4, 0.5) is 5.82 Å². The monoisotopic (exact) mass is 211 g/mol. The maximum absolute atomic E-state index is 11.8. The van der Waals surface area contributed by atoms with E-state index >= 15 is 0 Å². The van der Waals surface area contributed by atoms with Crippen LogP contribution >= 0.6 is 0 Å². The normalized spacial score (nSPS) is 11.0. The molecule has 2 aromatic heterocycles. The van der Waals surface area contributed by atoms with E-state index in [1.165, 1.54) is 0 Å². The molecule has 3 N–H and O–H groups in total. The van der Waals surface area contributed by atoms with Crippen LogP contribution in [-0.4, -0.2) is 9.97 Å². The maximum Gasteiger partial charge on any atom is 0.259 e. The van der Waals surface area contributed by atoms with Gasteiger partial charge in [-0.3, -0.25) is 9.78 Å². The van der Waals surface area contributed by atoms with Crippen molar-refractivity contribution in [2.24, 2.45) is 0 Å². The average molecular weight is 211 g/mol. The van der Waals surface area contributed by atoms with E-state index in [-0.39, 0.29) is 5.56 Å². The van der Waals surface area contributed by atoms with Crippen LogP contribution in [0, 0.1) is 0 Å². The molecule has 0 aliphatic heterocycles. The van der Waals surface area contributed by atoms with Gasteiger partial charge in [0.2, 0.25) is 0 Å². The minimum atomic E-state index is -0.195. The van der Waals surface area contributed by atoms with E-state index in [1.54, 1.807) is 12.3 Å². The molecule has 0 aliphatic rings. The Hall–Kier alpha value is -2.36. The summed E-state index contributed by atoms with van der Waals surface area (Å²) in [5.41, 5.74) is 6.00. The van der Waals surface area contributed by atoms with Crippen molar-refractivity contribution in [1.82, 2.24) is 9.97 Å². The Morgan fingerprint density at radius 2 is 2.06 bits per heavy atom. The second-order valence-electron chi connectivity index (χ2n) is 3.66. The number of nitrogens with two attached hydrogens (primary N) is 1. The molecule has 0 saturated carbocycles. The predicted octanol–water partition coefficient (Wildman–Crippen LogP) is 1.66. The van der Waals surface area contributed by atoms with Gasteiger partial charge in [-0.05, 0) is 5.39 Å². The van der Waals surface area contributed by atoms with Gasteiger partial charge < -0.3 is 10.7 Å². The number of pyridine rings is 2. The van der Waals surface area contributed by atoms with Crippen molar-refractivity contribution in [3.05, 3.63) is 46.9 Å². The molecule has 0 fully saturated rings. The molecule has 0 amide bonds. The van der Waals surface area contributed by atoms with Gasteiger partial charge in [-0.15, -0.1) is 0 Å². The zero-order chi connectivity index (χ0) is 11.1. The number of H-pyrrole nitrogens is 1. The number of nitrogens with zero attached hydrogens (tertiary/aromatic N) is 1.